The van der Waals surface area contributed by atoms with Crippen LogP contribution in [0, 0.1) is 0 Å². The fraction of sp³-hybridized carbons (Fsp3) is 0.389. The minimum Gasteiger partial charge on any atom is -0.444 e. The van der Waals surface area contributed by atoms with Crippen molar-refractivity contribution in [1.29, 1.82) is 0 Å². The fourth-order valence-electron chi connectivity index (χ4n) is 2.32. The van der Waals surface area contributed by atoms with E-state index in [2.05, 4.69) is 35.6 Å². The van der Waals surface area contributed by atoms with Gasteiger partial charge in [-0.25, -0.2) is 4.79 Å². The van der Waals surface area contributed by atoms with Gasteiger partial charge in [-0.3, -0.25) is 0 Å². The molecule has 0 spiro atoms. The maximum absolute atomic E-state index is 11.8. The van der Waals surface area contributed by atoms with Crippen LogP contribution in [-0.2, 0) is 11.2 Å². The monoisotopic (exact) mass is 300 g/mol. The summed E-state index contributed by atoms with van der Waals surface area (Å²) in [7, 11) is 0. The summed E-state index contributed by atoms with van der Waals surface area (Å²) in [5, 5.41) is 5.23. The van der Waals surface area contributed by atoms with Crippen LogP contribution < -0.4 is 11.1 Å². The molecule has 0 radical (unpaired) electrons. The van der Waals surface area contributed by atoms with E-state index in [0.29, 0.717) is 13.0 Å². The van der Waals surface area contributed by atoms with E-state index >= 15 is 0 Å². The molecule has 2 rings (SSSR count). The molecule has 0 aromatic heterocycles. The lowest BCUT2D eigenvalue weighted by Crippen LogP contribution is -2.44. The minimum atomic E-state index is -0.508. The van der Waals surface area contributed by atoms with E-state index in [1.165, 1.54) is 10.8 Å². The number of hydrogen-bond donors (Lipinski definition) is 2. The van der Waals surface area contributed by atoms with Crippen molar-refractivity contribution in [2.24, 2.45) is 5.73 Å². The van der Waals surface area contributed by atoms with Gasteiger partial charge in [0, 0.05) is 12.6 Å². The smallest absolute Gasteiger partial charge is 0.407 e. The highest BCUT2D eigenvalue weighted by Gasteiger charge is 2.19. The van der Waals surface area contributed by atoms with Gasteiger partial charge in [0.25, 0.3) is 0 Å². The summed E-state index contributed by atoms with van der Waals surface area (Å²) in [4.78, 5) is 11.8. The molecule has 2 aromatic rings. The second-order valence-corrected chi connectivity index (χ2v) is 6.46. The van der Waals surface area contributed by atoms with Gasteiger partial charge in [-0.2, -0.15) is 0 Å². The quantitative estimate of drug-likeness (QED) is 0.911. The Bertz CT molecular complexity index is 647. The topological polar surface area (TPSA) is 64.3 Å². The van der Waals surface area contributed by atoms with Crippen LogP contribution >= 0.6 is 0 Å². The summed E-state index contributed by atoms with van der Waals surface area (Å²) in [6.45, 7) is 5.89. The molecule has 0 saturated carbocycles. The molecule has 0 unspecified atom stereocenters. The average Bonchev–Trinajstić information content (AvgIpc) is 2.44. The largest absolute Gasteiger partial charge is 0.444 e. The number of amides is 1. The number of nitrogens with two attached hydrogens (primary N) is 1. The molecular formula is C18H24N2O2. The Morgan fingerprint density at radius 1 is 1.18 bits per heavy atom. The Morgan fingerprint density at radius 2 is 1.86 bits per heavy atom. The van der Waals surface area contributed by atoms with Crippen LogP contribution in [0.4, 0.5) is 4.79 Å². The molecule has 0 aliphatic rings. The predicted molar refractivity (Wildman–Crippen MR) is 89.9 cm³/mol. The van der Waals surface area contributed by atoms with E-state index in [0.717, 1.165) is 5.56 Å². The lowest BCUT2D eigenvalue weighted by Gasteiger charge is -2.23. The van der Waals surface area contributed by atoms with Crippen molar-refractivity contribution in [1.82, 2.24) is 5.32 Å². The molecule has 1 atom stereocenters. The van der Waals surface area contributed by atoms with Gasteiger partial charge in [-0.1, -0.05) is 42.5 Å². The second-order valence-electron chi connectivity index (χ2n) is 6.46. The lowest BCUT2D eigenvalue weighted by atomic mass is 10.0. The van der Waals surface area contributed by atoms with Crippen molar-refractivity contribution < 1.29 is 9.53 Å². The van der Waals surface area contributed by atoms with Crippen molar-refractivity contribution >= 4 is 16.9 Å². The van der Waals surface area contributed by atoms with Crippen LogP contribution in [0.15, 0.2) is 42.5 Å². The van der Waals surface area contributed by atoms with Gasteiger partial charge in [0.05, 0.1) is 0 Å². The normalized spacial score (nSPS) is 12.9. The summed E-state index contributed by atoms with van der Waals surface area (Å²) in [6.07, 6.45) is 0.254. The second kappa shape index (κ2) is 6.79. The van der Waals surface area contributed by atoms with Gasteiger partial charge >= 0.3 is 6.09 Å². The Labute approximate surface area is 131 Å². The summed E-state index contributed by atoms with van der Waals surface area (Å²) >= 11 is 0. The molecule has 1 amide bonds. The third-order valence-electron chi connectivity index (χ3n) is 3.30. The maximum atomic E-state index is 11.8. The van der Waals surface area contributed by atoms with Gasteiger partial charge in [0.15, 0.2) is 0 Å². The van der Waals surface area contributed by atoms with Crippen molar-refractivity contribution in [3.63, 3.8) is 0 Å². The SMILES string of the molecule is CC(C)(C)OC(=O)N[C@H](CN)Cc1ccc2ccccc2c1. The molecule has 2 aromatic carbocycles. The zero-order valence-electron chi connectivity index (χ0n) is 13.4. The van der Waals surface area contributed by atoms with Gasteiger partial charge < -0.3 is 15.8 Å². The highest BCUT2D eigenvalue weighted by atomic mass is 16.6. The van der Waals surface area contributed by atoms with Crippen LogP contribution in [0.25, 0.3) is 10.8 Å². The predicted octanol–water partition coefficient (Wildman–Crippen LogP) is 3.23. The molecule has 0 aliphatic carbocycles. The standard InChI is InChI=1S/C18H24N2O2/c1-18(2,3)22-17(21)20-16(12-19)11-13-8-9-14-6-4-5-7-15(14)10-13/h4-10,16H,11-12,19H2,1-3H3,(H,20,21)/t16-/m0/s1. The Balaban J connectivity index is 2.03. The number of hydrogen-bond acceptors (Lipinski definition) is 3. The molecule has 0 aliphatic heterocycles. The minimum absolute atomic E-state index is 0.143. The number of carbonyl (C=O) groups excluding carboxylic acids is 1. The van der Waals surface area contributed by atoms with Crippen LogP contribution in [0.2, 0.25) is 0 Å². The van der Waals surface area contributed by atoms with Crippen molar-refractivity contribution in [3.8, 4) is 0 Å². The summed E-state index contributed by atoms with van der Waals surface area (Å²) in [6, 6.07) is 14.4. The third-order valence-corrected chi connectivity index (χ3v) is 3.30. The van der Waals surface area contributed by atoms with Gasteiger partial charge in [0.2, 0.25) is 0 Å². The van der Waals surface area contributed by atoms with E-state index < -0.39 is 11.7 Å². The maximum Gasteiger partial charge on any atom is 0.407 e. The van der Waals surface area contributed by atoms with Crippen LogP contribution in [0.3, 0.4) is 0 Å². The molecule has 4 heteroatoms. The molecule has 0 heterocycles. The van der Waals surface area contributed by atoms with Crippen molar-refractivity contribution in [2.75, 3.05) is 6.54 Å². The number of ether oxygens (including phenoxy) is 1. The van der Waals surface area contributed by atoms with Crippen LogP contribution in [0.5, 0.6) is 0 Å². The highest BCUT2D eigenvalue weighted by Crippen LogP contribution is 2.16. The number of rotatable bonds is 4. The number of fused-ring (bicyclic) bond motifs is 1. The van der Waals surface area contributed by atoms with Gasteiger partial charge in [-0.15, -0.1) is 0 Å². The van der Waals surface area contributed by atoms with E-state index in [1.807, 2.05) is 32.9 Å². The van der Waals surface area contributed by atoms with E-state index in [9.17, 15) is 4.79 Å². The number of alkyl carbamates (subject to hydrolysis) is 1. The van der Waals surface area contributed by atoms with Gasteiger partial charge in [0.1, 0.15) is 5.60 Å². The molecule has 0 saturated heterocycles. The molecular weight excluding hydrogens is 276 g/mol. The highest BCUT2D eigenvalue weighted by molar-refractivity contribution is 5.83. The van der Waals surface area contributed by atoms with Crippen molar-refractivity contribution in [3.05, 3.63) is 48.0 Å². The average molecular weight is 300 g/mol. The zero-order chi connectivity index (χ0) is 16.2. The fourth-order valence-corrected chi connectivity index (χ4v) is 2.32. The number of nitrogens with one attached hydrogen (secondary N) is 1. The van der Waals surface area contributed by atoms with Crippen molar-refractivity contribution in [2.45, 2.75) is 38.8 Å². The van der Waals surface area contributed by atoms with Crippen LogP contribution in [0.1, 0.15) is 26.3 Å². The van der Waals surface area contributed by atoms with Crippen LogP contribution in [-0.4, -0.2) is 24.3 Å². The van der Waals surface area contributed by atoms with Gasteiger partial charge in [-0.05, 0) is 43.5 Å². The molecule has 118 valence electrons. The first-order valence-electron chi connectivity index (χ1n) is 7.54. The first-order chi connectivity index (χ1) is 10.4. The lowest BCUT2D eigenvalue weighted by molar-refractivity contribution is 0.0506. The first kappa shape index (κ1) is 16.3. The Morgan fingerprint density at radius 3 is 2.50 bits per heavy atom. The third kappa shape index (κ3) is 4.74. The molecule has 4 nitrogen and oxygen atoms in total. The van der Waals surface area contributed by atoms with E-state index in [1.54, 1.807) is 0 Å². The summed E-state index contributed by atoms with van der Waals surface area (Å²) in [5.41, 5.74) is 6.41. The molecule has 3 N–H and O–H groups in total. The first-order valence-corrected chi connectivity index (χ1v) is 7.54. The van der Waals surface area contributed by atoms with E-state index in [4.69, 9.17) is 10.5 Å². The number of benzene rings is 2. The Hall–Kier alpha value is -2.07. The number of carbonyl (C=O) groups is 1. The zero-order valence-corrected chi connectivity index (χ0v) is 13.4. The summed E-state index contributed by atoms with van der Waals surface area (Å²) < 4.78 is 5.27. The molecule has 22 heavy (non-hydrogen) atoms. The molecule has 0 fully saturated rings. The Kier molecular flexibility index (Phi) is 5.03. The van der Waals surface area contributed by atoms with E-state index in [-0.39, 0.29) is 6.04 Å². The molecule has 0 bridgehead atoms. The summed E-state index contributed by atoms with van der Waals surface area (Å²) in [5.74, 6) is 0.